The summed E-state index contributed by atoms with van der Waals surface area (Å²) < 4.78 is 19.3. The van der Waals surface area contributed by atoms with E-state index in [0.29, 0.717) is 12.5 Å². The summed E-state index contributed by atoms with van der Waals surface area (Å²) in [6.07, 6.45) is 4.77. The van der Waals surface area contributed by atoms with E-state index in [1.54, 1.807) is 11.3 Å². The molecule has 0 bridgehead atoms. The van der Waals surface area contributed by atoms with Gasteiger partial charge in [-0.3, -0.25) is 4.79 Å². The van der Waals surface area contributed by atoms with Gasteiger partial charge in [-0.1, -0.05) is 26.8 Å². The van der Waals surface area contributed by atoms with Crippen molar-refractivity contribution in [3.8, 4) is 16.5 Å². The fourth-order valence-corrected chi connectivity index (χ4v) is 5.66. The first-order valence-corrected chi connectivity index (χ1v) is 13.9. The lowest BCUT2D eigenvalue weighted by Crippen LogP contribution is -2.11. The van der Waals surface area contributed by atoms with Gasteiger partial charge in [-0.15, -0.1) is 11.3 Å². The summed E-state index contributed by atoms with van der Waals surface area (Å²) in [5.41, 5.74) is 5.07. The van der Waals surface area contributed by atoms with Crippen molar-refractivity contribution in [1.29, 1.82) is 0 Å². The number of hydrogen-bond acceptors (Lipinski definition) is 6. The zero-order valence-electron chi connectivity index (χ0n) is 22.2. The standard InChI is InChI=1S/C31H32N2O4S/c1-31(2,3)28-18-38-30(32-28)27-12-21-11-20(7-10-26(21)37-27)15-33-16-22(13-29(34)35-4)24-14-23(8-9-25(24)33)36-17-19-5-6-19/h7-12,14,16,18-19H,5-6,13,15,17H2,1-4H3. The van der Waals surface area contributed by atoms with Gasteiger partial charge in [-0.2, -0.15) is 0 Å². The second-order valence-corrected chi connectivity index (χ2v) is 12.1. The van der Waals surface area contributed by atoms with Crippen LogP contribution in [0.15, 0.2) is 58.5 Å². The lowest BCUT2D eigenvalue weighted by molar-refractivity contribution is -0.139. The predicted molar refractivity (Wildman–Crippen MR) is 151 cm³/mol. The van der Waals surface area contributed by atoms with Gasteiger partial charge >= 0.3 is 5.97 Å². The van der Waals surface area contributed by atoms with Crippen LogP contribution in [0.5, 0.6) is 5.75 Å². The maximum absolute atomic E-state index is 12.1. The van der Waals surface area contributed by atoms with E-state index in [4.69, 9.17) is 18.9 Å². The van der Waals surface area contributed by atoms with Crippen molar-refractivity contribution in [3.05, 3.63) is 70.9 Å². The molecule has 5 aromatic rings. The molecule has 0 amide bonds. The Bertz CT molecular complexity index is 1630. The summed E-state index contributed by atoms with van der Waals surface area (Å²) in [4.78, 5) is 17.0. The highest BCUT2D eigenvalue weighted by molar-refractivity contribution is 7.13. The molecule has 0 aliphatic heterocycles. The van der Waals surface area contributed by atoms with Crippen molar-refractivity contribution < 1.29 is 18.7 Å². The van der Waals surface area contributed by atoms with E-state index in [1.165, 1.54) is 20.0 Å². The van der Waals surface area contributed by atoms with Crippen LogP contribution < -0.4 is 4.74 Å². The van der Waals surface area contributed by atoms with Gasteiger partial charge in [0.25, 0.3) is 0 Å². The van der Waals surface area contributed by atoms with E-state index in [1.807, 2.05) is 12.1 Å². The number of esters is 1. The van der Waals surface area contributed by atoms with Gasteiger partial charge in [0.05, 0.1) is 25.8 Å². The third-order valence-electron chi connectivity index (χ3n) is 7.10. The van der Waals surface area contributed by atoms with Crippen molar-refractivity contribution in [2.24, 2.45) is 5.92 Å². The van der Waals surface area contributed by atoms with Crippen molar-refractivity contribution in [2.45, 2.75) is 52.0 Å². The van der Waals surface area contributed by atoms with E-state index in [0.717, 1.165) is 61.8 Å². The molecule has 3 aromatic heterocycles. The van der Waals surface area contributed by atoms with Crippen LogP contribution in [0.3, 0.4) is 0 Å². The minimum atomic E-state index is -0.252. The maximum Gasteiger partial charge on any atom is 0.310 e. The fourth-order valence-electron chi connectivity index (χ4n) is 4.66. The molecule has 2 aromatic carbocycles. The highest BCUT2D eigenvalue weighted by Crippen LogP contribution is 2.35. The number of benzene rings is 2. The Morgan fingerprint density at radius 1 is 1.16 bits per heavy atom. The number of ether oxygens (including phenoxy) is 2. The number of rotatable bonds is 8. The first kappa shape index (κ1) is 24.7. The summed E-state index contributed by atoms with van der Waals surface area (Å²) >= 11 is 1.61. The Morgan fingerprint density at radius 2 is 2.00 bits per heavy atom. The quantitative estimate of drug-likeness (QED) is 0.197. The minimum absolute atomic E-state index is 0.00427. The third kappa shape index (κ3) is 5.07. The third-order valence-corrected chi connectivity index (χ3v) is 7.95. The van der Waals surface area contributed by atoms with Gasteiger partial charge in [0.1, 0.15) is 11.3 Å². The van der Waals surface area contributed by atoms with Crippen LogP contribution in [0, 0.1) is 5.92 Å². The molecule has 0 unspecified atom stereocenters. The van der Waals surface area contributed by atoms with Crippen LogP contribution in [0.1, 0.15) is 50.4 Å². The second-order valence-electron chi connectivity index (χ2n) is 11.2. The van der Waals surface area contributed by atoms with E-state index in [9.17, 15) is 4.79 Å². The summed E-state index contributed by atoms with van der Waals surface area (Å²) in [5.74, 6) is 2.07. The van der Waals surface area contributed by atoms with Crippen molar-refractivity contribution >= 4 is 39.2 Å². The molecule has 196 valence electrons. The molecule has 0 saturated heterocycles. The number of carbonyl (C=O) groups excluding carboxylic acids is 1. The number of furan rings is 1. The Balaban J connectivity index is 1.29. The molecule has 3 heterocycles. The molecule has 1 aliphatic rings. The van der Waals surface area contributed by atoms with Crippen molar-refractivity contribution in [2.75, 3.05) is 13.7 Å². The Morgan fingerprint density at radius 3 is 2.74 bits per heavy atom. The first-order chi connectivity index (χ1) is 18.3. The molecule has 38 heavy (non-hydrogen) atoms. The summed E-state index contributed by atoms with van der Waals surface area (Å²) in [6, 6.07) is 14.5. The number of aromatic nitrogens is 2. The van der Waals surface area contributed by atoms with E-state index in [-0.39, 0.29) is 17.8 Å². The minimum Gasteiger partial charge on any atom is -0.493 e. The zero-order chi connectivity index (χ0) is 26.4. The molecule has 1 aliphatic carbocycles. The molecule has 6 rings (SSSR count). The van der Waals surface area contributed by atoms with Crippen molar-refractivity contribution in [1.82, 2.24) is 9.55 Å². The summed E-state index contributed by atoms with van der Waals surface area (Å²) in [6.45, 7) is 7.92. The number of thiazole rings is 1. The molecule has 0 radical (unpaired) electrons. The molecule has 7 heteroatoms. The number of carbonyl (C=O) groups is 1. The number of fused-ring (bicyclic) bond motifs is 2. The van der Waals surface area contributed by atoms with Gasteiger partial charge in [0.2, 0.25) is 0 Å². The summed E-state index contributed by atoms with van der Waals surface area (Å²) in [5, 5.41) is 5.08. The molecular formula is C31H32N2O4S. The van der Waals surface area contributed by atoms with E-state index in [2.05, 4.69) is 67.2 Å². The summed E-state index contributed by atoms with van der Waals surface area (Å²) in [7, 11) is 1.43. The van der Waals surface area contributed by atoms with Crippen LogP contribution >= 0.6 is 11.3 Å². The van der Waals surface area contributed by atoms with Crippen LogP contribution in [0.4, 0.5) is 0 Å². The first-order valence-electron chi connectivity index (χ1n) is 13.1. The SMILES string of the molecule is COC(=O)Cc1cn(Cc2ccc3oc(-c4nc(C(C)(C)C)cs4)cc3c2)c2ccc(OCC3CC3)cc12. The lowest BCUT2D eigenvalue weighted by atomic mass is 9.93. The molecule has 0 spiro atoms. The van der Waals surface area contributed by atoms with E-state index < -0.39 is 0 Å². The Hall–Kier alpha value is -3.58. The average Bonchev–Trinajstić information content (AvgIpc) is 3.26. The highest BCUT2D eigenvalue weighted by atomic mass is 32.1. The van der Waals surface area contributed by atoms with Gasteiger partial charge in [0, 0.05) is 39.8 Å². The molecule has 6 nitrogen and oxygen atoms in total. The van der Waals surface area contributed by atoms with Gasteiger partial charge in [-0.25, -0.2) is 4.98 Å². The van der Waals surface area contributed by atoms with Crippen LogP contribution in [0.25, 0.3) is 32.6 Å². The fraction of sp³-hybridized carbons (Fsp3) is 0.355. The van der Waals surface area contributed by atoms with Gasteiger partial charge < -0.3 is 18.5 Å². The number of methoxy groups -OCH3 is 1. The second kappa shape index (κ2) is 9.62. The zero-order valence-corrected chi connectivity index (χ0v) is 23.1. The topological polar surface area (TPSA) is 66.5 Å². The van der Waals surface area contributed by atoms with Crippen LogP contribution in [0.2, 0.25) is 0 Å². The molecule has 1 fully saturated rings. The smallest absolute Gasteiger partial charge is 0.310 e. The van der Waals surface area contributed by atoms with Crippen LogP contribution in [-0.4, -0.2) is 29.2 Å². The number of nitrogens with zero attached hydrogens (tertiary/aromatic N) is 2. The molecule has 0 N–H and O–H groups in total. The van der Waals surface area contributed by atoms with Crippen molar-refractivity contribution in [3.63, 3.8) is 0 Å². The highest BCUT2D eigenvalue weighted by Gasteiger charge is 2.22. The monoisotopic (exact) mass is 528 g/mol. The van der Waals surface area contributed by atoms with Gasteiger partial charge in [0.15, 0.2) is 10.8 Å². The van der Waals surface area contributed by atoms with Crippen LogP contribution in [-0.2, 0) is 27.9 Å². The normalized spacial score (nSPS) is 13.9. The number of hydrogen-bond donors (Lipinski definition) is 0. The maximum atomic E-state index is 12.1. The average molecular weight is 529 g/mol. The Labute approximate surface area is 226 Å². The largest absolute Gasteiger partial charge is 0.493 e. The Kier molecular flexibility index (Phi) is 6.26. The van der Waals surface area contributed by atoms with Gasteiger partial charge in [-0.05, 0) is 66.3 Å². The predicted octanol–water partition coefficient (Wildman–Crippen LogP) is 7.36. The molecule has 1 saturated carbocycles. The molecule has 0 atom stereocenters. The molecular weight excluding hydrogens is 496 g/mol. The lowest BCUT2D eigenvalue weighted by Gasteiger charge is -2.13. The van der Waals surface area contributed by atoms with E-state index >= 15 is 0 Å².